The lowest BCUT2D eigenvalue weighted by Crippen LogP contribution is -2.45. The predicted octanol–water partition coefficient (Wildman–Crippen LogP) is 2.35. The van der Waals surface area contributed by atoms with E-state index in [2.05, 4.69) is 29.5 Å². The lowest BCUT2D eigenvalue weighted by atomic mass is 10.3. The monoisotopic (exact) mass is 337 g/mol. The SMILES string of the molecule is CCCCN=C(NCCc1ccco1)NC(C)COC1CCOC1. The lowest BCUT2D eigenvalue weighted by molar-refractivity contribution is 0.0347. The van der Waals surface area contributed by atoms with Gasteiger partial charge in [0.15, 0.2) is 5.96 Å². The largest absolute Gasteiger partial charge is 0.469 e. The van der Waals surface area contributed by atoms with Crippen LogP contribution in [-0.4, -0.2) is 51.0 Å². The van der Waals surface area contributed by atoms with E-state index >= 15 is 0 Å². The van der Waals surface area contributed by atoms with Crippen LogP contribution in [0.4, 0.5) is 0 Å². The highest BCUT2D eigenvalue weighted by atomic mass is 16.5. The minimum atomic E-state index is 0.196. The number of hydrogen-bond acceptors (Lipinski definition) is 4. The number of aliphatic imine (C=N–C) groups is 1. The Morgan fingerprint density at radius 2 is 2.42 bits per heavy atom. The fraction of sp³-hybridized carbons (Fsp3) is 0.722. The van der Waals surface area contributed by atoms with Gasteiger partial charge in [0.1, 0.15) is 5.76 Å². The molecule has 1 aromatic rings. The number of nitrogens with one attached hydrogen (secondary N) is 2. The van der Waals surface area contributed by atoms with Crippen LogP contribution < -0.4 is 10.6 Å². The normalized spacial score (nSPS) is 19.4. The van der Waals surface area contributed by atoms with Gasteiger partial charge in [0.2, 0.25) is 0 Å². The molecule has 0 amide bonds. The van der Waals surface area contributed by atoms with Crippen molar-refractivity contribution >= 4 is 5.96 Å². The van der Waals surface area contributed by atoms with Gasteiger partial charge in [0.05, 0.1) is 25.6 Å². The van der Waals surface area contributed by atoms with Gasteiger partial charge in [-0.2, -0.15) is 0 Å². The van der Waals surface area contributed by atoms with Crippen LogP contribution in [0.1, 0.15) is 38.9 Å². The Bertz CT molecular complexity index is 456. The zero-order chi connectivity index (χ0) is 17.0. The first kappa shape index (κ1) is 18.8. The van der Waals surface area contributed by atoms with Crippen LogP contribution in [0.15, 0.2) is 27.8 Å². The van der Waals surface area contributed by atoms with Crippen LogP contribution in [0.5, 0.6) is 0 Å². The molecule has 1 aliphatic heterocycles. The molecule has 6 nitrogen and oxygen atoms in total. The van der Waals surface area contributed by atoms with Crippen molar-refractivity contribution in [1.29, 1.82) is 0 Å². The second-order valence-electron chi connectivity index (χ2n) is 6.20. The molecule has 0 radical (unpaired) electrons. The van der Waals surface area contributed by atoms with Crippen molar-refractivity contribution in [1.82, 2.24) is 10.6 Å². The Labute approximate surface area is 145 Å². The summed E-state index contributed by atoms with van der Waals surface area (Å²) < 4.78 is 16.6. The zero-order valence-corrected chi connectivity index (χ0v) is 14.9. The third-order valence-electron chi connectivity index (χ3n) is 3.88. The van der Waals surface area contributed by atoms with Gasteiger partial charge in [-0.3, -0.25) is 4.99 Å². The van der Waals surface area contributed by atoms with E-state index in [1.54, 1.807) is 6.26 Å². The van der Waals surface area contributed by atoms with Gasteiger partial charge in [-0.05, 0) is 31.9 Å². The van der Waals surface area contributed by atoms with Gasteiger partial charge in [0.25, 0.3) is 0 Å². The summed E-state index contributed by atoms with van der Waals surface area (Å²) in [6.07, 6.45) is 6.01. The standard InChI is InChI=1S/C18H31N3O3/c1-3-4-9-19-18(20-10-7-16-6-5-11-23-16)21-15(2)13-24-17-8-12-22-14-17/h5-6,11,15,17H,3-4,7-10,12-14H2,1-2H3,(H2,19,20,21). The van der Waals surface area contributed by atoms with E-state index in [1.165, 1.54) is 0 Å². The molecule has 2 N–H and O–H groups in total. The molecule has 2 rings (SSSR count). The molecular weight excluding hydrogens is 306 g/mol. The van der Waals surface area contributed by atoms with Crippen molar-refractivity contribution in [2.24, 2.45) is 4.99 Å². The highest BCUT2D eigenvalue weighted by Gasteiger charge is 2.17. The molecule has 1 aliphatic rings. The Morgan fingerprint density at radius 1 is 1.50 bits per heavy atom. The molecule has 0 aliphatic carbocycles. The van der Waals surface area contributed by atoms with Gasteiger partial charge in [-0.1, -0.05) is 13.3 Å². The summed E-state index contributed by atoms with van der Waals surface area (Å²) in [6.45, 7) is 8.08. The molecule has 0 aromatic carbocycles. The summed E-state index contributed by atoms with van der Waals surface area (Å²) in [5, 5.41) is 6.80. The minimum absolute atomic E-state index is 0.196. The van der Waals surface area contributed by atoms with E-state index in [9.17, 15) is 0 Å². The fourth-order valence-corrected chi connectivity index (χ4v) is 2.46. The Balaban J connectivity index is 1.72. The molecule has 1 fully saturated rings. The molecule has 1 aromatic heterocycles. The average molecular weight is 337 g/mol. The van der Waals surface area contributed by atoms with Crippen LogP contribution in [0.3, 0.4) is 0 Å². The zero-order valence-electron chi connectivity index (χ0n) is 14.9. The summed E-state index contributed by atoms with van der Waals surface area (Å²) in [4.78, 5) is 4.64. The van der Waals surface area contributed by atoms with Crippen LogP contribution >= 0.6 is 0 Å². The van der Waals surface area contributed by atoms with Gasteiger partial charge in [0, 0.05) is 32.2 Å². The van der Waals surface area contributed by atoms with Crippen LogP contribution in [0.25, 0.3) is 0 Å². The smallest absolute Gasteiger partial charge is 0.191 e. The Kier molecular flexibility index (Phi) is 8.70. The quantitative estimate of drug-likeness (QED) is 0.390. The fourth-order valence-electron chi connectivity index (χ4n) is 2.46. The lowest BCUT2D eigenvalue weighted by Gasteiger charge is -2.20. The van der Waals surface area contributed by atoms with E-state index in [4.69, 9.17) is 13.9 Å². The van der Waals surface area contributed by atoms with Crippen LogP contribution in [0, 0.1) is 0 Å². The molecule has 2 atom stereocenters. The van der Waals surface area contributed by atoms with Crippen molar-refractivity contribution in [3.05, 3.63) is 24.2 Å². The Morgan fingerprint density at radius 3 is 3.12 bits per heavy atom. The van der Waals surface area contributed by atoms with Crippen molar-refractivity contribution in [3.8, 4) is 0 Å². The van der Waals surface area contributed by atoms with Crippen LogP contribution in [0.2, 0.25) is 0 Å². The predicted molar refractivity (Wildman–Crippen MR) is 95.4 cm³/mol. The summed E-state index contributed by atoms with van der Waals surface area (Å²) in [5.41, 5.74) is 0. The van der Waals surface area contributed by atoms with E-state index in [1.807, 2.05) is 12.1 Å². The van der Waals surface area contributed by atoms with E-state index in [0.717, 1.165) is 57.1 Å². The van der Waals surface area contributed by atoms with Gasteiger partial charge < -0.3 is 24.5 Å². The molecule has 6 heteroatoms. The first-order valence-electron chi connectivity index (χ1n) is 9.04. The van der Waals surface area contributed by atoms with E-state index < -0.39 is 0 Å². The maximum Gasteiger partial charge on any atom is 0.191 e. The number of ether oxygens (including phenoxy) is 2. The topological polar surface area (TPSA) is 68.0 Å². The maximum atomic E-state index is 5.87. The molecule has 0 bridgehead atoms. The molecule has 2 unspecified atom stereocenters. The number of guanidine groups is 1. The van der Waals surface area contributed by atoms with Crippen molar-refractivity contribution < 1.29 is 13.9 Å². The number of hydrogen-bond donors (Lipinski definition) is 2. The summed E-state index contributed by atoms with van der Waals surface area (Å²) in [6, 6.07) is 4.10. The molecular formula is C18H31N3O3. The second kappa shape index (κ2) is 11.1. The summed E-state index contributed by atoms with van der Waals surface area (Å²) in [7, 11) is 0. The molecule has 0 spiro atoms. The number of unbranched alkanes of at least 4 members (excludes halogenated alkanes) is 1. The minimum Gasteiger partial charge on any atom is -0.469 e. The first-order valence-corrected chi connectivity index (χ1v) is 9.04. The third-order valence-corrected chi connectivity index (χ3v) is 3.88. The third kappa shape index (κ3) is 7.36. The van der Waals surface area contributed by atoms with Crippen molar-refractivity contribution in [3.63, 3.8) is 0 Å². The molecule has 1 saturated heterocycles. The summed E-state index contributed by atoms with van der Waals surface area (Å²) >= 11 is 0. The highest BCUT2D eigenvalue weighted by Crippen LogP contribution is 2.08. The first-order chi connectivity index (χ1) is 11.8. The summed E-state index contributed by atoms with van der Waals surface area (Å²) in [5.74, 6) is 1.82. The Hall–Kier alpha value is -1.53. The number of furan rings is 1. The van der Waals surface area contributed by atoms with Gasteiger partial charge in [-0.15, -0.1) is 0 Å². The van der Waals surface area contributed by atoms with Gasteiger partial charge in [-0.25, -0.2) is 0 Å². The highest BCUT2D eigenvalue weighted by molar-refractivity contribution is 5.80. The molecule has 2 heterocycles. The molecule has 0 saturated carbocycles. The van der Waals surface area contributed by atoms with Crippen molar-refractivity contribution in [2.75, 3.05) is 32.9 Å². The maximum absolute atomic E-state index is 5.87. The van der Waals surface area contributed by atoms with E-state index in [0.29, 0.717) is 13.2 Å². The van der Waals surface area contributed by atoms with Crippen molar-refractivity contribution in [2.45, 2.75) is 51.7 Å². The number of rotatable bonds is 10. The average Bonchev–Trinajstić information content (AvgIpc) is 3.26. The second-order valence-corrected chi connectivity index (χ2v) is 6.20. The number of nitrogens with zero attached hydrogens (tertiary/aromatic N) is 1. The van der Waals surface area contributed by atoms with E-state index in [-0.39, 0.29) is 12.1 Å². The molecule has 136 valence electrons. The molecule has 24 heavy (non-hydrogen) atoms. The van der Waals surface area contributed by atoms with Gasteiger partial charge >= 0.3 is 0 Å². The van der Waals surface area contributed by atoms with Crippen LogP contribution in [-0.2, 0) is 15.9 Å².